The highest BCUT2D eigenvalue weighted by Crippen LogP contribution is 2.12. The van der Waals surface area contributed by atoms with Crippen LogP contribution < -0.4 is 5.32 Å². The standard InChI is InChI=1S/C15H24ClNO/c1-15(2,18-3)9-10-17-14(12-16)11-13-7-5-4-6-8-13/h4-8,14,17H,9-12H2,1-3H3. The van der Waals surface area contributed by atoms with Crippen molar-refractivity contribution >= 4 is 11.6 Å². The lowest BCUT2D eigenvalue weighted by atomic mass is 10.0. The van der Waals surface area contributed by atoms with Crippen LogP contribution in [0.5, 0.6) is 0 Å². The Morgan fingerprint density at radius 3 is 2.50 bits per heavy atom. The van der Waals surface area contributed by atoms with Crippen LogP contribution >= 0.6 is 11.6 Å². The van der Waals surface area contributed by atoms with Crippen LogP contribution in [0, 0.1) is 0 Å². The second-order valence-electron chi connectivity index (χ2n) is 5.21. The average molecular weight is 270 g/mol. The van der Waals surface area contributed by atoms with E-state index in [-0.39, 0.29) is 5.60 Å². The lowest BCUT2D eigenvalue weighted by Gasteiger charge is -2.24. The highest BCUT2D eigenvalue weighted by Gasteiger charge is 2.16. The summed E-state index contributed by atoms with van der Waals surface area (Å²) >= 11 is 6.01. The Kier molecular flexibility index (Phi) is 6.69. The van der Waals surface area contributed by atoms with Gasteiger partial charge in [-0.05, 0) is 38.8 Å². The van der Waals surface area contributed by atoms with Gasteiger partial charge in [0.15, 0.2) is 0 Å². The van der Waals surface area contributed by atoms with E-state index in [0.717, 1.165) is 19.4 Å². The number of halogens is 1. The average Bonchev–Trinajstić information content (AvgIpc) is 2.38. The van der Waals surface area contributed by atoms with Crippen LogP contribution in [-0.2, 0) is 11.2 Å². The predicted molar refractivity (Wildman–Crippen MR) is 78.4 cm³/mol. The first-order chi connectivity index (χ1) is 8.57. The minimum Gasteiger partial charge on any atom is -0.379 e. The van der Waals surface area contributed by atoms with Gasteiger partial charge in [0.1, 0.15) is 0 Å². The van der Waals surface area contributed by atoms with Crippen LogP contribution in [0.25, 0.3) is 0 Å². The van der Waals surface area contributed by atoms with Crippen molar-refractivity contribution in [3.05, 3.63) is 35.9 Å². The molecule has 1 N–H and O–H groups in total. The van der Waals surface area contributed by atoms with Gasteiger partial charge < -0.3 is 10.1 Å². The Balaban J connectivity index is 2.34. The van der Waals surface area contributed by atoms with Crippen molar-refractivity contribution in [2.24, 2.45) is 0 Å². The minimum absolute atomic E-state index is 0.0728. The van der Waals surface area contributed by atoms with E-state index in [4.69, 9.17) is 16.3 Å². The number of hydrogen-bond acceptors (Lipinski definition) is 2. The largest absolute Gasteiger partial charge is 0.379 e. The zero-order valence-corrected chi connectivity index (χ0v) is 12.3. The SMILES string of the molecule is COC(C)(C)CCNC(CCl)Cc1ccccc1. The van der Waals surface area contributed by atoms with Gasteiger partial charge in [0.05, 0.1) is 5.60 Å². The second kappa shape index (κ2) is 7.78. The third-order valence-electron chi connectivity index (χ3n) is 3.22. The fraction of sp³-hybridized carbons (Fsp3) is 0.600. The fourth-order valence-electron chi connectivity index (χ4n) is 1.76. The molecule has 0 fully saturated rings. The molecule has 0 aliphatic carbocycles. The number of benzene rings is 1. The van der Waals surface area contributed by atoms with E-state index in [0.29, 0.717) is 11.9 Å². The third-order valence-corrected chi connectivity index (χ3v) is 3.60. The maximum absolute atomic E-state index is 6.01. The summed E-state index contributed by atoms with van der Waals surface area (Å²) in [7, 11) is 1.75. The lowest BCUT2D eigenvalue weighted by Crippen LogP contribution is -2.37. The molecule has 0 bridgehead atoms. The molecular formula is C15H24ClNO. The van der Waals surface area contributed by atoms with E-state index >= 15 is 0 Å². The topological polar surface area (TPSA) is 21.3 Å². The van der Waals surface area contributed by atoms with Crippen molar-refractivity contribution < 1.29 is 4.74 Å². The molecule has 102 valence electrons. The highest BCUT2D eigenvalue weighted by atomic mass is 35.5. The first-order valence-electron chi connectivity index (χ1n) is 6.46. The molecule has 0 aromatic heterocycles. The van der Waals surface area contributed by atoms with Crippen LogP contribution in [0.1, 0.15) is 25.8 Å². The fourth-order valence-corrected chi connectivity index (χ4v) is 1.98. The van der Waals surface area contributed by atoms with E-state index < -0.39 is 0 Å². The van der Waals surface area contributed by atoms with E-state index in [2.05, 4.69) is 43.4 Å². The monoisotopic (exact) mass is 269 g/mol. The van der Waals surface area contributed by atoms with Gasteiger partial charge in [-0.3, -0.25) is 0 Å². The lowest BCUT2D eigenvalue weighted by molar-refractivity contribution is 0.0155. The quantitative estimate of drug-likeness (QED) is 0.732. The number of ether oxygens (including phenoxy) is 1. The van der Waals surface area contributed by atoms with Crippen molar-refractivity contribution in [1.82, 2.24) is 5.32 Å². The normalized spacial score (nSPS) is 13.6. The first kappa shape index (κ1) is 15.5. The maximum Gasteiger partial charge on any atom is 0.0634 e. The highest BCUT2D eigenvalue weighted by molar-refractivity contribution is 6.18. The van der Waals surface area contributed by atoms with Crippen LogP contribution in [0.15, 0.2) is 30.3 Å². The van der Waals surface area contributed by atoms with Gasteiger partial charge in [-0.1, -0.05) is 30.3 Å². The molecular weight excluding hydrogens is 246 g/mol. The zero-order valence-electron chi connectivity index (χ0n) is 11.6. The van der Waals surface area contributed by atoms with Crippen LogP contribution in [0.2, 0.25) is 0 Å². The first-order valence-corrected chi connectivity index (χ1v) is 6.99. The summed E-state index contributed by atoms with van der Waals surface area (Å²) in [5, 5.41) is 3.50. The van der Waals surface area contributed by atoms with E-state index in [9.17, 15) is 0 Å². The Morgan fingerprint density at radius 1 is 1.28 bits per heavy atom. The molecule has 0 amide bonds. The summed E-state index contributed by atoms with van der Waals surface area (Å²) in [6.07, 6.45) is 1.95. The molecule has 0 heterocycles. The Bertz CT molecular complexity index is 327. The van der Waals surface area contributed by atoms with E-state index in [1.807, 2.05) is 6.07 Å². The number of nitrogens with one attached hydrogen (secondary N) is 1. The van der Waals surface area contributed by atoms with Crippen molar-refractivity contribution in [1.29, 1.82) is 0 Å². The Hall–Kier alpha value is -0.570. The van der Waals surface area contributed by atoms with Gasteiger partial charge >= 0.3 is 0 Å². The third kappa shape index (κ3) is 5.85. The van der Waals surface area contributed by atoms with Crippen molar-refractivity contribution in [3.63, 3.8) is 0 Å². The molecule has 0 saturated heterocycles. The van der Waals surface area contributed by atoms with Gasteiger partial charge in [-0.2, -0.15) is 0 Å². The van der Waals surface area contributed by atoms with Crippen LogP contribution in [0.4, 0.5) is 0 Å². The van der Waals surface area contributed by atoms with Crippen molar-refractivity contribution in [2.45, 2.75) is 38.3 Å². The molecule has 1 rings (SSSR count). The summed E-state index contributed by atoms with van der Waals surface area (Å²) in [5.74, 6) is 0.627. The molecule has 2 nitrogen and oxygen atoms in total. The molecule has 3 heteroatoms. The molecule has 18 heavy (non-hydrogen) atoms. The Labute approximate surface area is 116 Å². The van der Waals surface area contributed by atoms with Gasteiger partial charge in [0.25, 0.3) is 0 Å². The van der Waals surface area contributed by atoms with Crippen molar-refractivity contribution in [3.8, 4) is 0 Å². The summed E-state index contributed by atoms with van der Waals surface area (Å²) in [4.78, 5) is 0. The molecule has 0 saturated carbocycles. The molecule has 1 aromatic carbocycles. The smallest absolute Gasteiger partial charge is 0.0634 e. The number of alkyl halides is 1. The number of rotatable bonds is 8. The summed E-state index contributed by atoms with van der Waals surface area (Å²) in [6, 6.07) is 10.8. The van der Waals surface area contributed by atoms with Gasteiger partial charge in [-0.15, -0.1) is 11.6 Å². The van der Waals surface area contributed by atoms with E-state index in [1.165, 1.54) is 5.56 Å². The molecule has 0 spiro atoms. The van der Waals surface area contributed by atoms with Crippen molar-refractivity contribution in [2.75, 3.05) is 19.5 Å². The zero-order chi connectivity index (χ0) is 13.4. The van der Waals surface area contributed by atoms with E-state index in [1.54, 1.807) is 7.11 Å². The van der Waals surface area contributed by atoms with Crippen LogP contribution in [-0.4, -0.2) is 31.2 Å². The molecule has 1 aromatic rings. The molecule has 0 radical (unpaired) electrons. The predicted octanol–water partition coefficient (Wildman–Crippen LogP) is 3.24. The molecule has 0 aliphatic heterocycles. The minimum atomic E-state index is -0.0728. The summed E-state index contributed by atoms with van der Waals surface area (Å²) < 4.78 is 5.40. The summed E-state index contributed by atoms with van der Waals surface area (Å²) in [5.41, 5.74) is 1.25. The maximum atomic E-state index is 6.01. The van der Waals surface area contributed by atoms with Crippen LogP contribution in [0.3, 0.4) is 0 Å². The second-order valence-corrected chi connectivity index (χ2v) is 5.52. The van der Waals surface area contributed by atoms with Gasteiger partial charge in [0, 0.05) is 19.0 Å². The molecule has 1 atom stereocenters. The molecule has 0 aliphatic rings. The number of hydrogen-bond donors (Lipinski definition) is 1. The van der Waals surface area contributed by atoms with Gasteiger partial charge in [-0.25, -0.2) is 0 Å². The molecule has 1 unspecified atom stereocenters. The number of methoxy groups -OCH3 is 1. The summed E-state index contributed by atoms with van der Waals surface area (Å²) in [6.45, 7) is 5.12. The van der Waals surface area contributed by atoms with Gasteiger partial charge in [0.2, 0.25) is 0 Å². The Morgan fingerprint density at radius 2 is 1.94 bits per heavy atom.